The van der Waals surface area contributed by atoms with E-state index in [2.05, 4.69) is 193 Å². The number of nitrogens with zero attached hydrogens (tertiary/aromatic N) is 4. The minimum atomic E-state index is -0.767. The average molecular weight is 715 g/mol. The number of hydrogen-bond donors (Lipinski definition) is 0. The summed E-state index contributed by atoms with van der Waals surface area (Å²) in [4.78, 5) is 16.2. The molecule has 0 bridgehead atoms. The van der Waals surface area contributed by atoms with Crippen molar-refractivity contribution in [1.29, 1.82) is 0 Å². The van der Waals surface area contributed by atoms with Gasteiger partial charge in [-0.2, -0.15) is 0 Å². The van der Waals surface area contributed by atoms with Gasteiger partial charge in [0.15, 0.2) is 17.5 Å². The number of aromatic nitrogens is 4. The van der Waals surface area contributed by atoms with Crippen molar-refractivity contribution >= 4 is 21.8 Å². The highest BCUT2D eigenvalue weighted by Crippen LogP contribution is 2.55. The Labute approximate surface area is 325 Å². The molecule has 0 aliphatic heterocycles. The number of hydrogen-bond acceptors (Lipinski definition) is 3. The number of rotatable bonds is 6. The van der Waals surface area contributed by atoms with Crippen molar-refractivity contribution in [2.24, 2.45) is 0 Å². The molecule has 0 saturated heterocycles. The fourth-order valence-corrected chi connectivity index (χ4v) is 8.84. The number of fused-ring (bicyclic) bond motifs is 6. The molecule has 0 amide bonds. The standard InChI is InChI=1S/C52H34N4/c1-4-17-35(18-5-1)37-31-32-48-44(34-37)43-27-12-15-30-47(43)56(48)40-24-16-21-38(33-40)50-53-49(36-19-6-2-7-20-36)54-51(55-50)52(39-22-8-3-9-23-39)45-28-13-10-25-41(45)42-26-11-14-29-46(42)52/h1-34H. The van der Waals surface area contributed by atoms with Gasteiger partial charge in [0.2, 0.25) is 0 Å². The summed E-state index contributed by atoms with van der Waals surface area (Å²) in [5.41, 5.74) is 12.6. The first kappa shape index (κ1) is 32.0. The molecular formula is C52H34N4. The van der Waals surface area contributed by atoms with Crippen molar-refractivity contribution < 1.29 is 0 Å². The van der Waals surface area contributed by atoms with E-state index in [1.807, 2.05) is 18.2 Å². The van der Waals surface area contributed by atoms with Gasteiger partial charge in [-0.05, 0) is 69.3 Å². The summed E-state index contributed by atoms with van der Waals surface area (Å²) < 4.78 is 2.36. The van der Waals surface area contributed by atoms with E-state index in [-0.39, 0.29) is 0 Å². The molecular weight excluding hydrogens is 681 g/mol. The van der Waals surface area contributed by atoms with E-state index >= 15 is 0 Å². The zero-order valence-corrected chi connectivity index (χ0v) is 30.4. The van der Waals surface area contributed by atoms with E-state index in [0.29, 0.717) is 17.5 Å². The van der Waals surface area contributed by atoms with Gasteiger partial charge in [0.05, 0.1) is 11.0 Å². The highest BCUT2D eigenvalue weighted by Gasteiger charge is 2.48. The van der Waals surface area contributed by atoms with Crippen LogP contribution in [0.25, 0.3) is 72.5 Å². The molecule has 1 aliphatic rings. The lowest BCUT2D eigenvalue weighted by Crippen LogP contribution is -2.31. The molecule has 0 fully saturated rings. The molecule has 0 atom stereocenters. The predicted molar refractivity (Wildman–Crippen MR) is 228 cm³/mol. The lowest BCUT2D eigenvalue weighted by atomic mass is 9.71. The Morgan fingerprint density at radius 3 is 1.62 bits per heavy atom. The first-order valence-electron chi connectivity index (χ1n) is 19.0. The van der Waals surface area contributed by atoms with Crippen LogP contribution in [0.15, 0.2) is 206 Å². The Balaban J connectivity index is 1.16. The molecule has 10 aromatic rings. The van der Waals surface area contributed by atoms with Gasteiger partial charge in [0.1, 0.15) is 5.41 Å². The van der Waals surface area contributed by atoms with Crippen LogP contribution in [0.4, 0.5) is 0 Å². The molecule has 8 aromatic carbocycles. The molecule has 56 heavy (non-hydrogen) atoms. The van der Waals surface area contributed by atoms with Crippen molar-refractivity contribution in [3.63, 3.8) is 0 Å². The third-order valence-corrected chi connectivity index (χ3v) is 11.3. The second kappa shape index (κ2) is 12.9. The highest BCUT2D eigenvalue weighted by atomic mass is 15.1. The monoisotopic (exact) mass is 714 g/mol. The van der Waals surface area contributed by atoms with E-state index in [0.717, 1.165) is 44.5 Å². The Morgan fingerprint density at radius 1 is 0.357 bits per heavy atom. The molecule has 0 unspecified atom stereocenters. The number of para-hydroxylation sites is 1. The number of benzene rings is 8. The van der Waals surface area contributed by atoms with Crippen LogP contribution in [-0.4, -0.2) is 19.5 Å². The molecule has 0 spiro atoms. The molecule has 262 valence electrons. The summed E-state index contributed by atoms with van der Waals surface area (Å²) >= 11 is 0. The molecule has 0 saturated carbocycles. The smallest absolute Gasteiger partial charge is 0.163 e. The van der Waals surface area contributed by atoms with E-state index in [9.17, 15) is 0 Å². The van der Waals surface area contributed by atoms with Crippen molar-refractivity contribution in [3.8, 4) is 50.7 Å². The molecule has 0 radical (unpaired) electrons. The molecule has 0 N–H and O–H groups in total. The Bertz CT molecular complexity index is 3030. The lowest BCUT2D eigenvalue weighted by Gasteiger charge is -2.32. The van der Waals surface area contributed by atoms with Gasteiger partial charge in [-0.15, -0.1) is 0 Å². The van der Waals surface area contributed by atoms with Gasteiger partial charge in [0, 0.05) is 27.6 Å². The van der Waals surface area contributed by atoms with E-state index < -0.39 is 5.41 Å². The summed E-state index contributed by atoms with van der Waals surface area (Å²) in [6, 6.07) is 73.0. The fraction of sp³-hybridized carbons (Fsp3) is 0.0192. The summed E-state index contributed by atoms with van der Waals surface area (Å²) in [6.07, 6.45) is 0. The topological polar surface area (TPSA) is 43.6 Å². The largest absolute Gasteiger partial charge is 0.309 e. The maximum Gasteiger partial charge on any atom is 0.163 e. The first-order valence-corrected chi connectivity index (χ1v) is 19.0. The van der Waals surface area contributed by atoms with Crippen molar-refractivity contribution in [3.05, 3.63) is 229 Å². The predicted octanol–water partition coefficient (Wildman–Crippen LogP) is 12.3. The van der Waals surface area contributed by atoms with E-state index in [1.165, 1.54) is 33.0 Å². The van der Waals surface area contributed by atoms with Crippen molar-refractivity contribution in [1.82, 2.24) is 19.5 Å². The first-order chi connectivity index (χ1) is 27.8. The minimum absolute atomic E-state index is 0.625. The van der Waals surface area contributed by atoms with Crippen molar-refractivity contribution in [2.45, 2.75) is 5.41 Å². The molecule has 11 rings (SSSR count). The van der Waals surface area contributed by atoms with E-state index in [1.54, 1.807) is 0 Å². The fourth-order valence-electron chi connectivity index (χ4n) is 8.84. The average Bonchev–Trinajstić information content (AvgIpc) is 3.78. The third-order valence-electron chi connectivity index (χ3n) is 11.3. The van der Waals surface area contributed by atoms with Gasteiger partial charge in [-0.3, -0.25) is 0 Å². The Kier molecular flexibility index (Phi) is 7.36. The summed E-state index contributed by atoms with van der Waals surface area (Å²) in [7, 11) is 0. The van der Waals surface area contributed by atoms with E-state index in [4.69, 9.17) is 15.0 Å². The molecule has 2 heterocycles. The minimum Gasteiger partial charge on any atom is -0.309 e. The highest BCUT2D eigenvalue weighted by molar-refractivity contribution is 6.10. The maximum absolute atomic E-state index is 5.52. The molecule has 1 aliphatic carbocycles. The quantitative estimate of drug-likeness (QED) is 0.172. The molecule has 2 aromatic heterocycles. The molecule has 4 nitrogen and oxygen atoms in total. The van der Waals surface area contributed by atoms with Crippen LogP contribution in [0.3, 0.4) is 0 Å². The van der Waals surface area contributed by atoms with Crippen LogP contribution < -0.4 is 0 Å². The van der Waals surface area contributed by atoms with Gasteiger partial charge in [-0.25, -0.2) is 15.0 Å². The van der Waals surface area contributed by atoms with Crippen LogP contribution >= 0.6 is 0 Å². The van der Waals surface area contributed by atoms with Crippen LogP contribution in [0, 0.1) is 0 Å². The van der Waals surface area contributed by atoms with Gasteiger partial charge >= 0.3 is 0 Å². The van der Waals surface area contributed by atoms with Crippen LogP contribution in [0.5, 0.6) is 0 Å². The molecule has 4 heteroatoms. The third kappa shape index (κ3) is 4.89. The summed E-state index contributed by atoms with van der Waals surface area (Å²) in [6.45, 7) is 0. The second-order valence-corrected chi connectivity index (χ2v) is 14.4. The Morgan fingerprint density at radius 2 is 0.911 bits per heavy atom. The SMILES string of the molecule is c1ccc(-c2ccc3c(c2)c2ccccc2n3-c2cccc(-c3nc(-c4ccccc4)nc(C4(c5ccccc5)c5ccccc5-c5ccccc54)n3)c2)cc1. The van der Waals surface area contributed by atoms with Crippen LogP contribution in [-0.2, 0) is 5.41 Å². The second-order valence-electron chi connectivity index (χ2n) is 14.4. The van der Waals surface area contributed by atoms with Gasteiger partial charge in [-0.1, -0.05) is 176 Å². The normalized spacial score (nSPS) is 12.8. The Hall–Kier alpha value is -7.43. The van der Waals surface area contributed by atoms with Gasteiger partial charge in [0.25, 0.3) is 0 Å². The van der Waals surface area contributed by atoms with Crippen LogP contribution in [0.1, 0.15) is 22.5 Å². The zero-order chi connectivity index (χ0) is 37.1. The van der Waals surface area contributed by atoms with Gasteiger partial charge < -0.3 is 4.57 Å². The lowest BCUT2D eigenvalue weighted by molar-refractivity contribution is 0.692. The maximum atomic E-state index is 5.52. The summed E-state index contributed by atoms with van der Waals surface area (Å²) in [5, 5.41) is 2.42. The van der Waals surface area contributed by atoms with Crippen molar-refractivity contribution in [2.75, 3.05) is 0 Å². The zero-order valence-electron chi connectivity index (χ0n) is 30.4. The summed E-state index contributed by atoms with van der Waals surface area (Å²) in [5.74, 6) is 1.96. The van der Waals surface area contributed by atoms with Crippen LogP contribution in [0.2, 0.25) is 0 Å².